The van der Waals surface area contributed by atoms with Crippen LogP contribution in [0.3, 0.4) is 0 Å². The second kappa shape index (κ2) is 20.4. The molecule has 0 unspecified atom stereocenters. The van der Waals surface area contributed by atoms with E-state index in [9.17, 15) is 14.4 Å². The Morgan fingerprint density at radius 2 is 0.894 bits per heavy atom. The van der Waals surface area contributed by atoms with E-state index in [0.29, 0.717) is 65.8 Å². The smallest absolute Gasteiger partial charge is 0.263 e. The zero-order chi connectivity index (χ0) is 47.1. The zero-order valence-corrected chi connectivity index (χ0v) is 39.1. The minimum Gasteiger partial charge on any atom is -0.397 e. The highest BCUT2D eigenvalue weighted by atomic mass is 32.1. The van der Waals surface area contributed by atoms with Crippen LogP contribution in [0.5, 0.6) is 0 Å². The van der Waals surface area contributed by atoms with E-state index in [0.717, 1.165) is 66.9 Å². The number of nitrogens with two attached hydrogens (primary N) is 3. The van der Waals surface area contributed by atoms with Crippen molar-refractivity contribution in [2.24, 2.45) is 0 Å². The minimum atomic E-state index is -0.240. The van der Waals surface area contributed by atoms with E-state index in [-0.39, 0.29) is 17.7 Å². The molecule has 0 spiro atoms. The number of hydrogen-bond acceptors (Lipinski definition) is 19. The van der Waals surface area contributed by atoms with Crippen LogP contribution < -0.4 is 33.2 Å². The van der Waals surface area contributed by atoms with Gasteiger partial charge in [-0.05, 0) is 94.1 Å². The molecule has 0 aliphatic rings. The van der Waals surface area contributed by atoms with Gasteiger partial charge in [0.15, 0.2) is 0 Å². The van der Waals surface area contributed by atoms with Gasteiger partial charge in [-0.15, -0.1) is 49.3 Å². The molecule has 0 aliphatic heterocycles. The molecule has 0 bridgehead atoms. The lowest BCUT2D eigenvalue weighted by atomic mass is 10.1. The van der Waals surface area contributed by atoms with Crippen LogP contribution in [-0.2, 0) is 19.6 Å². The third-order valence-electron chi connectivity index (χ3n) is 10.5. The number of nitrogens with one attached hydrogen (secondary N) is 3. The van der Waals surface area contributed by atoms with E-state index >= 15 is 0 Å². The molecule has 22 heteroatoms. The van der Waals surface area contributed by atoms with Gasteiger partial charge >= 0.3 is 0 Å². The van der Waals surface area contributed by atoms with Crippen LogP contribution in [0.15, 0.2) is 67.5 Å². The Hall–Kier alpha value is -7.69. The van der Waals surface area contributed by atoms with Gasteiger partial charge in [-0.1, -0.05) is 6.07 Å². The van der Waals surface area contributed by atoms with Crippen molar-refractivity contribution in [3.8, 4) is 0 Å². The third-order valence-corrected chi connectivity index (χ3v) is 13.7. The summed E-state index contributed by atoms with van der Waals surface area (Å²) in [6, 6.07) is 11.0. The highest BCUT2D eigenvalue weighted by molar-refractivity contribution is 7.22. The number of carbonyl (C=O) groups excluding carboxylic acids is 3. The fraction of sp³-hybridized carbons (Fsp3) is 0.205. The van der Waals surface area contributed by atoms with Gasteiger partial charge in [0, 0.05) is 47.5 Å². The van der Waals surface area contributed by atoms with E-state index < -0.39 is 0 Å². The van der Waals surface area contributed by atoms with Crippen LogP contribution in [0, 0.1) is 41.5 Å². The average molecular weight is 941 g/mol. The number of thiophene rings is 3. The quantitative estimate of drug-likeness (QED) is 0.0961. The Balaban J connectivity index is 0.000000147. The summed E-state index contributed by atoms with van der Waals surface area (Å²) in [5.74, 6) is -0.659. The lowest BCUT2D eigenvalue weighted by Gasteiger charge is -2.04. The largest absolute Gasteiger partial charge is 0.397 e. The molecule has 0 saturated heterocycles. The summed E-state index contributed by atoms with van der Waals surface area (Å²) in [6.45, 7) is 12.5. The van der Waals surface area contributed by atoms with Gasteiger partial charge in [-0.25, -0.2) is 9.97 Å². The number of hydrogen-bond donors (Lipinski definition) is 6. The fourth-order valence-electron chi connectivity index (χ4n) is 6.42. The number of aromatic nitrogens is 10. The van der Waals surface area contributed by atoms with Crippen LogP contribution in [0.4, 0.5) is 17.1 Å². The first-order valence-corrected chi connectivity index (χ1v) is 22.6. The number of anilines is 3. The maximum Gasteiger partial charge on any atom is 0.263 e. The summed E-state index contributed by atoms with van der Waals surface area (Å²) >= 11 is 3.77. The number of carbonyl (C=O) groups is 3. The molecule has 0 aliphatic carbocycles. The van der Waals surface area contributed by atoms with Crippen LogP contribution in [-0.4, -0.2) is 68.2 Å². The van der Waals surface area contributed by atoms with Gasteiger partial charge in [-0.2, -0.15) is 15.3 Å². The molecule has 66 heavy (non-hydrogen) atoms. The zero-order valence-electron chi connectivity index (χ0n) is 36.6. The van der Waals surface area contributed by atoms with Gasteiger partial charge < -0.3 is 33.2 Å². The van der Waals surface area contributed by atoms with Crippen molar-refractivity contribution >= 4 is 99.4 Å². The maximum atomic E-state index is 12.4. The van der Waals surface area contributed by atoms with Crippen molar-refractivity contribution in [3.63, 3.8) is 0 Å². The molecule has 9 N–H and O–H groups in total. The average Bonchev–Trinajstić information content (AvgIpc) is 3.99. The van der Waals surface area contributed by atoms with Crippen LogP contribution in [0.1, 0.15) is 79.7 Å². The van der Waals surface area contributed by atoms with E-state index in [1.807, 2.05) is 71.9 Å². The Labute approximate surface area is 389 Å². The second-order valence-corrected chi connectivity index (χ2v) is 17.7. The number of pyridine rings is 2. The molecule has 9 aromatic rings. The van der Waals surface area contributed by atoms with Crippen molar-refractivity contribution in [1.82, 2.24) is 66.5 Å². The Bertz CT molecular complexity index is 2870. The highest BCUT2D eigenvalue weighted by Gasteiger charge is 2.22. The summed E-state index contributed by atoms with van der Waals surface area (Å²) in [4.78, 5) is 56.5. The van der Waals surface area contributed by atoms with E-state index in [1.165, 1.54) is 40.3 Å². The lowest BCUT2D eigenvalue weighted by molar-refractivity contribution is 0.0947. The molecule has 0 radical (unpaired) electrons. The van der Waals surface area contributed by atoms with E-state index in [1.54, 1.807) is 30.9 Å². The van der Waals surface area contributed by atoms with E-state index in [2.05, 4.69) is 66.5 Å². The number of rotatable bonds is 9. The van der Waals surface area contributed by atoms with Crippen molar-refractivity contribution in [1.29, 1.82) is 0 Å². The molecule has 19 nitrogen and oxygen atoms in total. The van der Waals surface area contributed by atoms with Crippen molar-refractivity contribution in [3.05, 3.63) is 133 Å². The van der Waals surface area contributed by atoms with Crippen molar-refractivity contribution in [2.75, 3.05) is 17.2 Å². The second-order valence-electron chi connectivity index (χ2n) is 14.7. The molecule has 336 valence electrons. The maximum absolute atomic E-state index is 12.4. The van der Waals surface area contributed by atoms with Gasteiger partial charge in [0.05, 0.1) is 58.6 Å². The third kappa shape index (κ3) is 10.1. The van der Waals surface area contributed by atoms with Crippen LogP contribution in [0.2, 0.25) is 0 Å². The van der Waals surface area contributed by atoms with Crippen LogP contribution >= 0.6 is 34.0 Å². The van der Waals surface area contributed by atoms with Crippen molar-refractivity contribution in [2.45, 2.75) is 61.2 Å². The predicted octanol–water partition coefficient (Wildman–Crippen LogP) is 6.04. The predicted molar refractivity (Wildman–Crippen MR) is 258 cm³/mol. The highest BCUT2D eigenvalue weighted by Crippen LogP contribution is 2.37. The molecule has 9 aromatic heterocycles. The van der Waals surface area contributed by atoms with Crippen LogP contribution in [0.25, 0.3) is 30.6 Å². The molecular weight excluding hydrogens is 897 g/mol. The Kier molecular flexibility index (Phi) is 14.3. The van der Waals surface area contributed by atoms with Gasteiger partial charge in [0.25, 0.3) is 17.7 Å². The first-order valence-electron chi connectivity index (χ1n) is 20.2. The summed E-state index contributed by atoms with van der Waals surface area (Å²) in [7, 11) is 0. The summed E-state index contributed by atoms with van der Waals surface area (Å²) < 4.78 is 0. The number of amides is 3. The standard InChI is InChI=1S/2C15H15N5OS.C14H14N6OS/c1-8-9(2)19-20-15-11(8)12(16)13(22-15)14(21)18-7-10-3-5-17-6-4-10;1-8-9(2)19-20-15-11(8)12(16)13(22-15)14(21)18-7-10-5-3-4-6-17-10;1-7-8(2)19-20-14-10(7)11(15)12(22-14)13(21)17-5-9-3-4-16-6-18-9/h2*3-6H,7,16H2,1-2H3,(H,18,21);3-4,6H,5,15H2,1-2H3,(H,17,21). The van der Waals surface area contributed by atoms with Gasteiger partial charge in [0.1, 0.15) is 35.4 Å². The molecule has 3 amide bonds. The number of aryl methyl sites for hydroxylation is 6. The van der Waals surface area contributed by atoms with Crippen molar-refractivity contribution < 1.29 is 14.4 Å². The summed E-state index contributed by atoms with van der Waals surface area (Å²) in [5.41, 5.74) is 27.7. The lowest BCUT2D eigenvalue weighted by Crippen LogP contribution is -2.23. The normalized spacial score (nSPS) is 10.8. The topological polar surface area (TPSA) is 294 Å². The molecule has 9 heterocycles. The fourth-order valence-corrected chi connectivity index (χ4v) is 9.47. The Morgan fingerprint density at radius 1 is 0.485 bits per heavy atom. The number of nitrogens with zero attached hydrogens (tertiary/aromatic N) is 10. The first-order chi connectivity index (χ1) is 31.7. The molecule has 0 aromatic carbocycles. The minimum absolute atomic E-state index is 0.200. The molecular formula is C44H44N16O3S3. The first kappa shape index (κ1) is 46.3. The van der Waals surface area contributed by atoms with E-state index in [4.69, 9.17) is 17.2 Å². The molecule has 9 rings (SSSR count). The molecule has 0 fully saturated rings. The number of fused-ring (bicyclic) bond motifs is 3. The molecule has 0 atom stereocenters. The monoisotopic (exact) mass is 940 g/mol. The van der Waals surface area contributed by atoms with Gasteiger partial charge in [-0.3, -0.25) is 24.4 Å². The SMILES string of the molecule is Cc1nnc2sc(C(=O)NCc3ccccn3)c(N)c2c1C.Cc1nnc2sc(C(=O)NCc3ccncc3)c(N)c2c1C.Cc1nnc2sc(C(=O)NCc3ccncn3)c(N)c2c1C. The summed E-state index contributed by atoms with van der Waals surface area (Å²) in [5, 5.41) is 35.5. The Morgan fingerprint density at radius 3 is 1.29 bits per heavy atom. The number of nitrogen functional groups attached to an aromatic ring is 3. The van der Waals surface area contributed by atoms with Gasteiger partial charge in [0.2, 0.25) is 0 Å². The summed E-state index contributed by atoms with van der Waals surface area (Å²) in [6.07, 6.45) is 8.14. The molecule has 0 saturated carbocycles.